The molecule has 0 bridgehead atoms. The molecule has 0 aliphatic rings. The predicted octanol–water partition coefficient (Wildman–Crippen LogP) is 11.7. The average molecular weight is 590 g/mol. The van der Waals surface area contributed by atoms with Gasteiger partial charge in [-0.3, -0.25) is 0 Å². The Balaban J connectivity index is 1.33. The first-order valence-corrected chi connectivity index (χ1v) is 15.6. The van der Waals surface area contributed by atoms with E-state index in [0.29, 0.717) is 5.92 Å². The summed E-state index contributed by atoms with van der Waals surface area (Å²) in [4.78, 5) is 2.31. The molecule has 0 saturated carbocycles. The Hall–Kier alpha value is -5.28. The van der Waals surface area contributed by atoms with Crippen LogP contribution in [0.3, 0.4) is 0 Å². The van der Waals surface area contributed by atoms with Crippen LogP contribution in [0.15, 0.2) is 146 Å². The first kappa shape index (κ1) is 29.8. The van der Waals surface area contributed by atoms with Crippen molar-refractivity contribution in [1.29, 1.82) is 0 Å². The van der Waals surface area contributed by atoms with Crippen LogP contribution in [0.2, 0.25) is 0 Å². The van der Waals surface area contributed by atoms with Gasteiger partial charge in [0.05, 0.1) is 14.2 Å². The molecule has 6 rings (SSSR count). The molecule has 0 radical (unpaired) electrons. The highest BCUT2D eigenvalue weighted by atomic mass is 16.5. The van der Waals surface area contributed by atoms with Crippen LogP contribution >= 0.6 is 0 Å². The molecule has 0 heterocycles. The van der Waals surface area contributed by atoms with E-state index in [0.717, 1.165) is 57.2 Å². The van der Waals surface area contributed by atoms with Crippen LogP contribution in [0.25, 0.3) is 33.4 Å². The maximum absolute atomic E-state index is 5.34. The fourth-order valence-corrected chi connectivity index (χ4v) is 5.66. The van der Waals surface area contributed by atoms with E-state index in [4.69, 9.17) is 9.47 Å². The second-order valence-electron chi connectivity index (χ2n) is 11.4. The zero-order valence-electron chi connectivity index (χ0n) is 26.4. The minimum absolute atomic E-state index is 0.571. The van der Waals surface area contributed by atoms with E-state index in [2.05, 4.69) is 140 Å². The second kappa shape index (κ2) is 13.6. The molecule has 3 heteroatoms. The summed E-state index contributed by atoms with van der Waals surface area (Å²) < 4.78 is 10.7. The number of anilines is 3. The van der Waals surface area contributed by atoms with Crippen molar-refractivity contribution in [2.45, 2.75) is 26.2 Å². The first-order valence-electron chi connectivity index (χ1n) is 15.6. The van der Waals surface area contributed by atoms with Crippen molar-refractivity contribution in [2.24, 2.45) is 0 Å². The molecule has 1 unspecified atom stereocenters. The number of ether oxygens (including phenoxy) is 2. The largest absolute Gasteiger partial charge is 0.497 e. The molecule has 0 aromatic heterocycles. The lowest BCUT2D eigenvalue weighted by molar-refractivity contribution is 0.415. The minimum Gasteiger partial charge on any atom is -0.497 e. The quantitative estimate of drug-likeness (QED) is 0.159. The molecule has 0 N–H and O–H groups in total. The van der Waals surface area contributed by atoms with Crippen molar-refractivity contribution in [3.63, 3.8) is 0 Å². The topological polar surface area (TPSA) is 21.7 Å². The molecule has 0 amide bonds. The van der Waals surface area contributed by atoms with Gasteiger partial charge in [0.15, 0.2) is 0 Å². The van der Waals surface area contributed by atoms with Crippen molar-refractivity contribution in [3.8, 4) is 44.9 Å². The van der Waals surface area contributed by atoms with Crippen LogP contribution in [-0.2, 0) is 0 Å². The van der Waals surface area contributed by atoms with E-state index in [-0.39, 0.29) is 0 Å². The van der Waals surface area contributed by atoms with E-state index in [1.54, 1.807) is 14.2 Å². The van der Waals surface area contributed by atoms with Crippen molar-refractivity contribution >= 4 is 17.1 Å². The summed E-state index contributed by atoms with van der Waals surface area (Å²) in [6.07, 6.45) is 1.14. The van der Waals surface area contributed by atoms with Gasteiger partial charge in [-0.2, -0.15) is 0 Å². The van der Waals surface area contributed by atoms with E-state index in [1.807, 2.05) is 24.3 Å². The number of benzene rings is 6. The molecule has 0 spiro atoms. The minimum atomic E-state index is 0.571. The average Bonchev–Trinajstić information content (AvgIpc) is 3.12. The standard InChI is InChI=1S/C42H39NO2/c1-5-30(2)31-6-8-32(9-7-31)33-10-20-38(21-11-33)43(39-22-12-34(13-23-39)36-16-26-41(44-3)27-17-36)40-24-14-35(15-25-40)37-18-28-42(45-4)29-19-37/h6-30H,5H2,1-4H3. The summed E-state index contributed by atoms with van der Waals surface area (Å²) in [5.74, 6) is 2.28. The molecule has 3 nitrogen and oxygen atoms in total. The van der Waals surface area contributed by atoms with Crippen molar-refractivity contribution in [3.05, 3.63) is 151 Å². The number of nitrogens with zero attached hydrogens (tertiary/aromatic N) is 1. The smallest absolute Gasteiger partial charge is 0.118 e. The molecule has 45 heavy (non-hydrogen) atoms. The van der Waals surface area contributed by atoms with E-state index in [9.17, 15) is 0 Å². The SMILES string of the molecule is CCC(C)c1ccc(-c2ccc(N(c3ccc(-c4ccc(OC)cc4)cc3)c3ccc(-c4ccc(OC)cc4)cc3)cc2)cc1. The Kier molecular flexibility index (Phi) is 8.98. The van der Waals surface area contributed by atoms with Gasteiger partial charge in [0, 0.05) is 17.1 Å². The highest BCUT2D eigenvalue weighted by Crippen LogP contribution is 2.38. The van der Waals surface area contributed by atoms with Crippen LogP contribution in [-0.4, -0.2) is 14.2 Å². The number of methoxy groups -OCH3 is 2. The van der Waals surface area contributed by atoms with Gasteiger partial charge in [-0.1, -0.05) is 98.8 Å². The highest BCUT2D eigenvalue weighted by Gasteiger charge is 2.14. The molecule has 0 saturated heterocycles. The number of rotatable bonds is 10. The monoisotopic (exact) mass is 589 g/mol. The van der Waals surface area contributed by atoms with Gasteiger partial charge in [-0.15, -0.1) is 0 Å². The molecule has 0 aliphatic carbocycles. The van der Waals surface area contributed by atoms with Gasteiger partial charge in [-0.05, 0) is 112 Å². The Labute approximate surface area is 267 Å². The molecular weight excluding hydrogens is 550 g/mol. The maximum atomic E-state index is 5.34. The molecule has 6 aromatic rings. The van der Waals surface area contributed by atoms with Gasteiger partial charge >= 0.3 is 0 Å². The Morgan fingerprint density at radius 2 is 0.689 bits per heavy atom. The van der Waals surface area contributed by atoms with Crippen LogP contribution in [0.4, 0.5) is 17.1 Å². The predicted molar refractivity (Wildman–Crippen MR) is 189 cm³/mol. The Morgan fingerprint density at radius 3 is 0.956 bits per heavy atom. The highest BCUT2D eigenvalue weighted by molar-refractivity contribution is 5.81. The summed E-state index contributed by atoms with van der Waals surface area (Å²) in [5, 5.41) is 0. The van der Waals surface area contributed by atoms with E-state index < -0.39 is 0 Å². The van der Waals surface area contributed by atoms with Gasteiger partial charge in [0.25, 0.3) is 0 Å². The third-order valence-electron chi connectivity index (χ3n) is 8.65. The molecule has 0 fully saturated rings. The lowest BCUT2D eigenvalue weighted by Crippen LogP contribution is -2.09. The van der Waals surface area contributed by atoms with E-state index >= 15 is 0 Å². The summed E-state index contributed by atoms with van der Waals surface area (Å²) >= 11 is 0. The van der Waals surface area contributed by atoms with Gasteiger partial charge in [0.2, 0.25) is 0 Å². The molecule has 224 valence electrons. The molecule has 6 aromatic carbocycles. The third kappa shape index (κ3) is 6.63. The van der Waals surface area contributed by atoms with Crippen molar-refractivity contribution in [2.75, 3.05) is 19.1 Å². The maximum Gasteiger partial charge on any atom is 0.118 e. The molecule has 1 atom stereocenters. The zero-order chi connectivity index (χ0) is 31.2. The lowest BCUT2D eigenvalue weighted by atomic mass is 9.96. The Bertz CT molecular complexity index is 1720. The van der Waals surface area contributed by atoms with E-state index in [1.165, 1.54) is 16.7 Å². The molecular formula is C42H39NO2. The summed E-state index contributed by atoms with van der Waals surface area (Å²) in [6.45, 7) is 4.52. The normalized spacial score (nSPS) is 11.6. The number of hydrogen-bond donors (Lipinski definition) is 0. The third-order valence-corrected chi connectivity index (χ3v) is 8.65. The lowest BCUT2D eigenvalue weighted by Gasteiger charge is -2.26. The van der Waals surface area contributed by atoms with Gasteiger partial charge in [-0.25, -0.2) is 0 Å². The van der Waals surface area contributed by atoms with Gasteiger partial charge < -0.3 is 14.4 Å². The van der Waals surface area contributed by atoms with Crippen LogP contribution in [0.1, 0.15) is 31.7 Å². The number of hydrogen-bond acceptors (Lipinski definition) is 3. The van der Waals surface area contributed by atoms with Crippen LogP contribution in [0.5, 0.6) is 11.5 Å². The second-order valence-corrected chi connectivity index (χ2v) is 11.4. The first-order chi connectivity index (χ1) is 22.1. The summed E-state index contributed by atoms with van der Waals surface area (Å²) in [6, 6.07) is 51.8. The van der Waals surface area contributed by atoms with Crippen molar-refractivity contribution in [1.82, 2.24) is 0 Å². The fraction of sp³-hybridized carbons (Fsp3) is 0.143. The summed E-state index contributed by atoms with van der Waals surface area (Å²) in [7, 11) is 3.39. The Morgan fingerprint density at radius 1 is 0.422 bits per heavy atom. The molecule has 0 aliphatic heterocycles. The zero-order valence-corrected chi connectivity index (χ0v) is 26.4. The van der Waals surface area contributed by atoms with Crippen LogP contribution in [0, 0.1) is 0 Å². The van der Waals surface area contributed by atoms with Gasteiger partial charge in [0.1, 0.15) is 11.5 Å². The fourth-order valence-electron chi connectivity index (χ4n) is 5.66. The summed E-state index contributed by atoms with van der Waals surface area (Å²) in [5.41, 5.74) is 11.7. The van der Waals surface area contributed by atoms with Crippen molar-refractivity contribution < 1.29 is 9.47 Å². The van der Waals surface area contributed by atoms with Crippen LogP contribution < -0.4 is 14.4 Å².